The molecule has 0 aromatic heterocycles. The minimum Gasteiger partial charge on any atom is -0.384 e. The van der Waals surface area contributed by atoms with Crippen LogP contribution in [-0.4, -0.2) is 17.6 Å². The van der Waals surface area contributed by atoms with Crippen molar-refractivity contribution in [3.05, 3.63) is 65.0 Å². The van der Waals surface area contributed by atoms with E-state index in [1.54, 1.807) is 6.07 Å². The van der Waals surface area contributed by atoms with Crippen LogP contribution in [0.2, 0.25) is 0 Å². The van der Waals surface area contributed by atoms with Gasteiger partial charge in [-0.2, -0.15) is 0 Å². The minimum atomic E-state index is -0.589. The number of amides is 1. The first kappa shape index (κ1) is 14.8. The standard InChI is InChI=1S/C17H14FNO2/c1-12-5-2-3-7-16(12)19-17(21)14-9-8-13(6-4-10-20)15(18)11-14/h2-3,5,7-9,11,20H,10H2,1H3,(H,19,21). The van der Waals surface area contributed by atoms with Crippen molar-refractivity contribution >= 4 is 11.6 Å². The summed E-state index contributed by atoms with van der Waals surface area (Å²) in [6.45, 7) is 1.54. The number of para-hydroxylation sites is 1. The molecule has 0 saturated carbocycles. The number of carbonyl (C=O) groups is 1. The van der Waals surface area contributed by atoms with Gasteiger partial charge < -0.3 is 10.4 Å². The van der Waals surface area contributed by atoms with Crippen LogP contribution in [0.1, 0.15) is 21.5 Å². The van der Waals surface area contributed by atoms with Crippen molar-refractivity contribution < 1.29 is 14.3 Å². The van der Waals surface area contributed by atoms with Gasteiger partial charge in [0.15, 0.2) is 0 Å². The summed E-state index contributed by atoms with van der Waals surface area (Å²) in [4.78, 5) is 12.1. The Morgan fingerprint density at radius 3 is 2.71 bits per heavy atom. The van der Waals surface area contributed by atoms with Crippen molar-refractivity contribution in [2.24, 2.45) is 0 Å². The number of aliphatic hydroxyl groups excluding tert-OH is 1. The Balaban J connectivity index is 2.21. The van der Waals surface area contributed by atoms with Crippen LogP contribution in [0.3, 0.4) is 0 Å². The molecule has 0 unspecified atom stereocenters. The molecule has 0 saturated heterocycles. The number of nitrogens with one attached hydrogen (secondary N) is 1. The first-order valence-corrected chi connectivity index (χ1v) is 6.38. The van der Waals surface area contributed by atoms with Crippen molar-refractivity contribution in [1.82, 2.24) is 0 Å². The number of benzene rings is 2. The van der Waals surface area contributed by atoms with Crippen molar-refractivity contribution in [3.63, 3.8) is 0 Å². The van der Waals surface area contributed by atoms with E-state index in [1.165, 1.54) is 12.1 Å². The van der Waals surface area contributed by atoms with Gasteiger partial charge in [-0.3, -0.25) is 4.79 Å². The molecule has 2 aromatic carbocycles. The van der Waals surface area contributed by atoms with Gasteiger partial charge in [0.25, 0.3) is 5.91 Å². The van der Waals surface area contributed by atoms with E-state index in [0.29, 0.717) is 5.69 Å². The summed E-state index contributed by atoms with van der Waals surface area (Å²) in [5.74, 6) is 3.87. The van der Waals surface area contributed by atoms with Crippen LogP contribution in [0, 0.1) is 24.6 Å². The van der Waals surface area contributed by atoms with E-state index in [-0.39, 0.29) is 23.6 Å². The van der Waals surface area contributed by atoms with Crippen LogP contribution in [0.15, 0.2) is 42.5 Å². The zero-order chi connectivity index (χ0) is 15.2. The van der Waals surface area contributed by atoms with Gasteiger partial charge in [0.1, 0.15) is 12.4 Å². The third kappa shape index (κ3) is 3.68. The summed E-state index contributed by atoms with van der Waals surface area (Å²) in [7, 11) is 0. The molecule has 2 rings (SSSR count). The molecule has 3 nitrogen and oxygen atoms in total. The molecule has 0 atom stereocenters. The van der Waals surface area contributed by atoms with Crippen LogP contribution in [0.4, 0.5) is 10.1 Å². The van der Waals surface area contributed by atoms with Crippen LogP contribution in [0.25, 0.3) is 0 Å². The highest BCUT2D eigenvalue weighted by molar-refractivity contribution is 6.04. The fourth-order valence-electron chi connectivity index (χ4n) is 1.80. The van der Waals surface area contributed by atoms with Crippen molar-refractivity contribution in [2.75, 3.05) is 11.9 Å². The lowest BCUT2D eigenvalue weighted by molar-refractivity contribution is 0.102. The Hall–Kier alpha value is -2.64. The molecule has 0 radical (unpaired) electrons. The number of hydrogen-bond donors (Lipinski definition) is 2. The highest BCUT2D eigenvalue weighted by atomic mass is 19.1. The summed E-state index contributed by atoms with van der Waals surface area (Å²) in [6.07, 6.45) is 0. The minimum absolute atomic E-state index is 0.150. The van der Waals surface area contributed by atoms with Crippen LogP contribution < -0.4 is 5.32 Å². The maximum atomic E-state index is 13.8. The second-order valence-corrected chi connectivity index (χ2v) is 4.42. The molecule has 0 aliphatic heterocycles. The van der Waals surface area contributed by atoms with Gasteiger partial charge in [-0.15, -0.1) is 0 Å². The molecule has 21 heavy (non-hydrogen) atoms. The van der Waals surface area contributed by atoms with Gasteiger partial charge in [-0.1, -0.05) is 30.0 Å². The average molecular weight is 283 g/mol. The first-order valence-electron chi connectivity index (χ1n) is 6.38. The topological polar surface area (TPSA) is 49.3 Å². The van der Waals surface area contributed by atoms with Crippen LogP contribution in [0.5, 0.6) is 0 Å². The van der Waals surface area contributed by atoms with Gasteiger partial charge in [-0.05, 0) is 36.8 Å². The predicted molar refractivity (Wildman–Crippen MR) is 79.5 cm³/mol. The van der Waals surface area contributed by atoms with Crippen LogP contribution >= 0.6 is 0 Å². The van der Waals surface area contributed by atoms with Gasteiger partial charge >= 0.3 is 0 Å². The zero-order valence-electron chi connectivity index (χ0n) is 11.5. The van der Waals surface area contributed by atoms with Crippen molar-refractivity contribution in [3.8, 4) is 11.8 Å². The lowest BCUT2D eigenvalue weighted by Gasteiger charge is -2.08. The summed E-state index contributed by atoms with van der Waals surface area (Å²) < 4.78 is 13.8. The molecule has 4 heteroatoms. The largest absolute Gasteiger partial charge is 0.384 e. The number of hydrogen-bond acceptors (Lipinski definition) is 2. The Labute approximate surface area is 122 Å². The maximum absolute atomic E-state index is 13.8. The normalized spacial score (nSPS) is 9.67. The van der Waals surface area contributed by atoms with Crippen molar-refractivity contribution in [2.45, 2.75) is 6.92 Å². The third-order valence-corrected chi connectivity index (χ3v) is 2.93. The highest BCUT2D eigenvalue weighted by Gasteiger charge is 2.10. The Kier molecular flexibility index (Phi) is 4.70. The predicted octanol–water partition coefficient (Wildman–Crippen LogP) is 2.73. The van der Waals surface area contributed by atoms with E-state index in [4.69, 9.17) is 5.11 Å². The van der Waals surface area contributed by atoms with E-state index in [0.717, 1.165) is 11.6 Å². The highest BCUT2D eigenvalue weighted by Crippen LogP contribution is 2.16. The summed E-state index contributed by atoms with van der Waals surface area (Å²) in [5.41, 5.74) is 1.98. The molecule has 0 fully saturated rings. The summed E-state index contributed by atoms with van der Waals surface area (Å²) >= 11 is 0. The Morgan fingerprint density at radius 1 is 1.29 bits per heavy atom. The lowest BCUT2D eigenvalue weighted by atomic mass is 10.1. The van der Waals surface area contributed by atoms with E-state index in [2.05, 4.69) is 17.2 Å². The maximum Gasteiger partial charge on any atom is 0.255 e. The fraction of sp³-hybridized carbons (Fsp3) is 0.118. The fourth-order valence-corrected chi connectivity index (χ4v) is 1.80. The zero-order valence-corrected chi connectivity index (χ0v) is 11.5. The Morgan fingerprint density at radius 2 is 2.05 bits per heavy atom. The lowest BCUT2D eigenvalue weighted by Crippen LogP contribution is -2.13. The van der Waals surface area contributed by atoms with Gasteiger partial charge in [0, 0.05) is 11.3 Å². The van der Waals surface area contributed by atoms with Gasteiger partial charge in [0.2, 0.25) is 0 Å². The molecule has 0 spiro atoms. The smallest absolute Gasteiger partial charge is 0.255 e. The monoisotopic (exact) mass is 283 g/mol. The molecule has 2 aromatic rings. The van der Waals surface area contributed by atoms with Gasteiger partial charge in [0.05, 0.1) is 5.56 Å². The molecule has 0 heterocycles. The quantitative estimate of drug-likeness (QED) is 0.833. The number of rotatable bonds is 2. The average Bonchev–Trinajstić information content (AvgIpc) is 2.48. The summed E-state index contributed by atoms with van der Waals surface area (Å²) in [6, 6.07) is 11.4. The molecule has 106 valence electrons. The Bertz CT molecular complexity index is 729. The van der Waals surface area contributed by atoms with E-state index >= 15 is 0 Å². The SMILES string of the molecule is Cc1ccccc1NC(=O)c1ccc(C#CCO)c(F)c1. The number of aliphatic hydroxyl groups is 1. The molecular weight excluding hydrogens is 269 g/mol. The molecule has 0 aliphatic carbocycles. The molecule has 0 aliphatic rings. The van der Waals surface area contributed by atoms with Gasteiger partial charge in [-0.25, -0.2) is 4.39 Å². The number of carbonyl (C=O) groups excluding carboxylic acids is 1. The number of anilines is 1. The third-order valence-electron chi connectivity index (χ3n) is 2.93. The van der Waals surface area contributed by atoms with E-state index in [9.17, 15) is 9.18 Å². The molecule has 2 N–H and O–H groups in total. The first-order chi connectivity index (χ1) is 10.1. The summed E-state index contributed by atoms with van der Waals surface area (Å²) in [5, 5.41) is 11.3. The number of halogens is 1. The molecule has 0 bridgehead atoms. The second kappa shape index (κ2) is 6.69. The van der Waals surface area contributed by atoms with Crippen molar-refractivity contribution in [1.29, 1.82) is 0 Å². The number of aryl methyl sites for hydroxylation is 1. The molecule has 1 amide bonds. The van der Waals surface area contributed by atoms with Crippen LogP contribution in [-0.2, 0) is 0 Å². The van der Waals surface area contributed by atoms with E-state index in [1.807, 2.05) is 25.1 Å². The molecular formula is C17H14FNO2. The second-order valence-electron chi connectivity index (χ2n) is 4.42. The van der Waals surface area contributed by atoms with E-state index < -0.39 is 5.82 Å².